The van der Waals surface area contributed by atoms with E-state index in [0.717, 1.165) is 0 Å². The number of hydrogen-bond donors (Lipinski definition) is 0. The van der Waals surface area contributed by atoms with Crippen molar-refractivity contribution in [1.29, 1.82) is 0 Å². The number of carbonyl (C=O) groups excluding carboxylic acids is 1. The zero-order valence-electron chi connectivity index (χ0n) is 9.21. The maximum atomic E-state index is 11.5. The Bertz CT molecular complexity index is 353. The summed E-state index contributed by atoms with van der Waals surface area (Å²) >= 11 is 5.86. The van der Waals surface area contributed by atoms with Gasteiger partial charge in [0.05, 0.1) is 11.4 Å². The van der Waals surface area contributed by atoms with Crippen molar-refractivity contribution in [2.75, 3.05) is 0 Å². The minimum Gasteiger partial charge on any atom is -0.425 e. The summed E-state index contributed by atoms with van der Waals surface area (Å²) in [4.78, 5) is 11.5. The lowest BCUT2D eigenvalue weighted by Gasteiger charge is -2.16. The normalized spacial score (nSPS) is 11.2. The number of para-hydroxylation sites is 1. The number of carbonyl (C=O) groups is 1. The van der Waals surface area contributed by atoms with Crippen molar-refractivity contribution in [2.24, 2.45) is 5.41 Å². The molecule has 15 heavy (non-hydrogen) atoms. The average Bonchev–Trinajstić information content (AvgIpc) is 2.05. The van der Waals surface area contributed by atoms with Gasteiger partial charge in [0.2, 0.25) is 0 Å². The Labute approximate surface area is 95.2 Å². The van der Waals surface area contributed by atoms with E-state index < -0.39 is 0 Å². The Morgan fingerprint density at radius 3 is 2.47 bits per heavy atom. The van der Waals surface area contributed by atoms with Crippen LogP contribution in [0.5, 0.6) is 5.75 Å². The second kappa shape index (κ2) is 4.67. The first-order valence-corrected chi connectivity index (χ1v) is 5.21. The van der Waals surface area contributed by atoms with Crippen LogP contribution in [0.4, 0.5) is 0 Å². The first kappa shape index (κ1) is 12.1. The lowest BCUT2D eigenvalue weighted by Crippen LogP contribution is -2.17. The fourth-order valence-corrected chi connectivity index (χ4v) is 1.29. The maximum Gasteiger partial charge on any atom is 0.311 e. The molecule has 2 nitrogen and oxygen atoms in total. The molecule has 0 fully saturated rings. The molecule has 0 saturated carbocycles. The third kappa shape index (κ3) is 4.34. The van der Waals surface area contributed by atoms with Gasteiger partial charge in [0.25, 0.3) is 0 Å². The smallest absolute Gasteiger partial charge is 0.311 e. The molecule has 0 bridgehead atoms. The van der Waals surface area contributed by atoms with E-state index in [2.05, 4.69) is 0 Å². The quantitative estimate of drug-likeness (QED) is 0.568. The topological polar surface area (TPSA) is 26.3 Å². The number of halogens is 1. The molecule has 82 valence electrons. The van der Waals surface area contributed by atoms with Crippen LogP contribution in [0.25, 0.3) is 0 Å². The van der Waals surface area contributed by atoms with E-state index in [1.165, 1.54) is 0 Å². The van der Waals surface area contributed by atoms with Gasteiger partial charge in [0, 0.05) is 0 Å². The van der Waals surface area contributed by atoms with Crippen molar-refractivity contribution in [2.45, 2.75) is 27.2 Å². The van der Waals surface area contributed by atoms with Crippen LogP contribution in [0.1, 0.15) is 27.2 Å². The highest BCUT2D eigenvalue weighted by Gasteiger charge is 2.18. The number of esters is 1. The molecule has 0 aliphatic rings. The molecule has 0 atom stereocenters. The maximum absolute atomic E-state index is 11.5. The van der Waals surface area contributed by atoms with E-state index >= 15 is 0 Å². The summed E-state index contributed by atoms with van der Waals surface area (Å²) in [5.74, 6) is 0.170. The fourth-order valence-electron chi connectivity index (χ4n) is 1.12. The van der Waals surface area contributed by atoms with Gasteiger partial charge in [-0.2, -0.15) is 0 Å². The molecule has 0 amide bonds. The van der Waals surface area contributed by atoms with Gasteiger partial charge in [-0.15, -0.1) is 0 Å². The molecule has 0 spiro atoms. The van der Waals surface area contributed by atoms with Gasteiger partial charge in [0.15, 0.2) is 0 Å². The van der Waals surface area contributed by atoms with E-state index in [9.17, 15) is 4.79 Å². The van der Waals surface area contributed by atoms with Crippen LogP contribution >= 0.6 is 11.6 Å². The second-order valence-corrected chi connectivity index (χ2v) is 5.05. The molecule has 0 aromatic heterocycles. The Balaban J connectivity index is 2.64. The van der Waals surface area contributed by atoms with Crippen molar-refractivity contribution >= 4 is 17.6 Å². The minimum atomic E-state index is -0.254. The SMILES string of the molecule is CC(C)(C)CC(=O)Oc1ccccc1Cl. The standard InChI is InChI=1S/C12H15ClO2/c1-12(2,3)8-11(14)15-10-7-5-4-6-9(10)13/h4-7H,8H2,1-3H3. The molecule has 0 saturated heterocycles. The van der Waals surface area contributed by atoms with E-state index in [0.29, 0.717) is 17.2 Å². The predicted molar refractivity (Wildman–Crippen MR) is 61.2 cm³/mol. The molecule has 1 aromatic carbocycles. The summed E-state index contributed by atoms with van der Waals surface area (Å²) in [5.41, 5.74) is -0.0711. The molecule has 0 aliphatic carbocycles. The van der Waals surface area contributed by atoms with Gasteiger partial charge in [-0.3, -0.25) is 4.79 Å². The van der Waals surface area contributed by atoms with E-state index in [4.69, 9.17) is 16.3 Å². The number of ether oxygens (including phenoxy) is 1. The van der Waals surface area contributed by atoms with Crippen molar-refractivity contribution < 1.29 is 9.53 Å². The molecule has 1 aromatic rings. The fraction of sp³-hybridized carbons (Fsp3) is 0.417. The van der Waals surface area contributed by atoms with Crippen molar-refractivity contribution in [3.05, 3.63) is 29.3 Å². The molecule has 0 N–H and O–H groups in total. The highest BCUT2D eigenvalue weighted by Crippen LogP contribution is 2.25. The first-order chi connectivity index (χ1) is 6.88. The molecule has 0 unspecified atom stereocenters. The van der Waals surface area contributed by atoms with Gasteiger partial charge in [-0.05, 0) is 17.5 Å². The minimum absolute atomic E-state index is 0.0711. The monoisotopic (exact) mass is 226 g/mol. The molecule has 0 aliphatic heterocycles. The molecule has 1 rings (SSSR count). The predicted octanol–water partition coefficient (Wildman–Crippen LogP) is 3.68. The summed E-state index contributed by atoms with van der Waals surface area (Å²) < 4.78 is 5.15. The summed E-state index contributed by atoms with van der Waals surface area (Å²) in [5, 5.41) is 0.458. The highest BCUT2D eigenvalue weighted by atomic mass is 35.5. The zero-order chi connectivity index (χ0) is 11.5. The summed E-state index contributed by atoms with van der Waals surface area (Å²) in [6, 6.07) is 6.96. The Morgan fingerprint density at radius 1 is 1.33 bits per heavy atom. The van der Waals surface area contributed by atoms with Crippen LogP contribution in [0.15, 0.2) is 24.3 Å². The second-order valence-electron chi connectivity index (χ2n) is 4.64. The van der Waals surface area contributed by atoms with Crippen LogP contribution in [0, 0.1) is 5.41 Å². The van der Waals surface area contributed by atoms with Gasteiger partial charge >= 0.3 is 5.97 Å². The van der Waals surface area contributed by atoms with Crippen LogP contribution in [0.3, 0.4) is 0 Å². The highest BCUT2D eigenvalue weighted by molar-refractivity contribution is 6.32. The number of hydrogen-bond acceptors (Lipinski definition) is 2. The lowest BCUT2D eigenvalue weighted by molar-refractivity contribution is -0.136. The molecule has 0 heterocycles. The zero-order valence-corrected chi connectivity index (χ0v) is 9.97. The van der Waals surface area contributed by atoms with Crippen LogP contribution in [-0.2, 0) is 4.79 Å². The van der Waals surface area contributed by atoms with E-state index in [-0.39, 0.29) is 11.4 Å². The van der Waals surface area contributed by atoms with Crippen molar-refractivity contribution in [1.82, 2.24) is 0 Å². The largest absolute Gasteiger partial charge is 0.425 e. The molecular formula is C12H15ClO2. The van der Waals surface area contributed by atoms with Gasteiger partial charge in [-0.1, -0.05) is 44.5 Å². The Kier molecular flexibility index (Phi) is 3.75. The van der Waals surface area contributed by atoms with E-state index in [1.54, 1.807) is 24.3 Å². The summed E-state index contributed by atoms with van der Waals surface area (Å²) in [7, 11) is 0. The van der Waals surface area contributed by atoms with Gasteiger partial charge in [0.1, 0.15) is 5.75 Å². The van der Waals surface area contributed by atoms with E-state index in [1.807, 2.05) is 20.8 Å². The first-order valence-electron chi connectivity index (χ1n) is 4.84. The number of benzene rings is 1. The Hall–Kier alpha value is -1.02. The molecule has 3 heteroatoms. The van der Waals surface area contributed by atoms with Crippen LogP contribution < -0.4 is 4.74 Å². The summed E-state index contributed by atoms with van der Waals surface area (Å²) in [6.45, 7) is 5.96. The summed E-state index contributed by atoms with van der Waals surface area (Å²) in [6.07, 6.45) is 0.373. The molecular weight excluding hydrogens is 212 g/mol. The van der Waals surface area contributed by atoms with Crippen LogP contribution in [-0.4, -0.2) is 5.97 Å². The van der Waals surface area contributed by atoms with Crippen LogP contribution in [0.2, 0.25) is 5.02 Å². The Morgan fingerprint density at radius 2 is 1.93 bits per heavy atom. The average molecular weight is 227 g/mol. The van der Waals surface area contributed by atoms with Gasteiger partial charge in [-0.25, -0.2) is 0 Å². The third-order valence-electron chi connectivity index (χ3n) is 1.74. The van der Waals surface area contributed by atoms with Gasteiger partial charge < -0.3 is 4.74 Å². The number of rotatable bonds is 2. The molecule has 0 radical (unpaired) electrons. The third-order valence-corrected chi connectivity index (χ3v) is 2.05. The van der Waals surface area contributed by atoms with Crippen molar-refractivity contribution in [3.8, 4) is 5.75 Å². The van der Waals surface area contributed by atoms with Crippen molar-refractivity contribution in [3.63, 3.8) is 0 Å². The lowest BCUT2D eigenvalue weighted by atomic mass is 9.92.